The van der Waals surface area contributed by atoms with Crippen LogP contribution in [0.4, 0.5) is 0 Å². The van der Waals surface area contributed by atoms with E-state index in [-0.39, 0.29) is 5.60 Å². The summed E-state index contributed by atoms with van der Waals surface area (Å²) in [6.45, 7) is 12.4. The van der Waals surface area contributed by atoms with Crippen LogP contribution in [0.2, 0.25) is 0 Å². The van der Waals surface area contributed by atoms with Crippen molar-refractivity contribution in [2.24, 2.45) is 17.8 Å². The minimum atomic E-state index is -1.65. The van der Waals surface area contributed by atoms with Crippen molar-refractivity contribution in [3.63, 3.8) is 0 Å². The van der Waals surface area contributed by atoms with Gasteiger partial charge in [0.05, 0.1) is 13.2 Å². The van der Waals surface area contributed by atoms with E-state index in [9.17, 15) is 35.7 Å². The molecule has 2 fully saturated rings. The van der Waals surface area contributed by atoms with E-state index in [4.69, 9.17) is 23.7 Å². The molecule has 0 bridgehead atoms. The van der Waals surface area contributed by atoms with Crippen LogP contribution in [0.5, 0.6) is 11.5 Å². The number of rotatable bonds is 18. The molecule has 3 aliphatic heterocycles. The molecule has 0 radical (unpaired) electrons. The van der Waals surface area contributed by atoms with Crippen LogP contribution >= 0.6 is 0 Å². The Morgan fingerprint density at radius 1 is 0.745 bits per heavy atom. The molecule has 4 rings (SSSR count). The van der Waals surface area contributed by atoms with Crippen LogP contribution in [0.25, 0.3) is 0 Å². The van der Waals surface area contributed by atoms with Gasteiger partial charge in [0.15, 0.2) is 6.29 Å². The molecule has 2 saturated heterocycles. The van der Waals surface area contributed by atoms with Crippen molar-refractivity contribution >= 4 is 0 Å². The zero-order valence-electron chi connectivity index (χ0n) is 31.5. The summed E-state index contributed by atoms with van der Waals surface area (Å²) in [5.74, 6) is 3.54. The van der Waals surface area contributed by atoms with Crippen molar-refractivity contribution in [2.45, 2.75) is 179 Å². The topological polar surface area (TPSA) is 188 Å². The first-order valence-corrected chi connectivity index (χ1v) is 19.2. The molecule has 1 aromatic rings. The molecule has 0 saturated carbocycles. The lowest BCUT2D eigenvalue weighted by molar-refractivity contribution is -0.323. The Labute approximate surface area is 304 Å². The molecular weight excluding hydrogens is 660 g/mol. The van der Waals surface area contributed by atoms with Crippen molar-refractivity contribution < 1.29 is 59.4 Å². The number of benzene rings is 1. The zero-order chi connectivity index (χ0) is 37.5. The van der Waals surface area contributed by atoms with E-state index in [0.29, 0.717) is 11.7 Å². The highest BCUT2D eigenvalue weighted by Crippen LogP contribution is 2.41. The van der Waals surface area contributed by atoms with Crippen molar-refractivity contribution in [1.29, 1.82) is 0 Å². The summed E-state index contributed by atoms with van der Waals surface area (Å²) in [5, 5.41) is 71.7. The van der Waals surface area contributed by atoms with Gasteiger partial charge in [-0.3, -0.25) is 0 Å². The Morgan fingerprint density at radius 2 is 1.31 bits per heavy atom. The average molecular weight is 727 g/mol. The maximum absolute atomic E-state index is 10.7. The van der Waals surface area contributed by atoms with Gasteiger partial charge in [0.1, 0.15) is 65.9 Å². The molecule has 0 aliphatic carbocycles. The Hall–Kier alpha value is -1.58. The number of hydrogen-bond donors (Lipinski definition) is 7. The fraction of sp³-hybridized carbons (Fsp3) is 0.846. The number of aliphatic hydroxyl groups is 7. The van der Waals surface area contributed by atoms with Crippen molar-refractivity contribution in [3.8, 4) is 11.5 Å². The van der Waals surface area contributed by atoms with Crippen molar-refractivity contribution in [1.82, 2.24) is 0 Å². The number of aryl methyl sites for hydroxylation is 2. The summed E-state index contributed by atoms with van der Waals surface area (Å²) in [6, 6.07) is 3.64. The highest BCUT2D eigenvalue weighted by Gasteiger charge is 2.48. The maximum Gasteiger partial charge on any atom is 0.229 e. The highest BCUT2D eigenvalue weighted by molar-refractivity contribution is 5.48. The van der Waals surface area contributed by atoms with Crippen LogP contribution in [-0.2, 0) is 20.6 Å². The molecule has 0 amide bonds. The van der Waals surface area contributed by atoms with Gasteiger partial charge in [0, 0.05) is 0 Å². The largest absolute Gasteiger partial charge is 0.487 e. The Balaban J connectivity index is 1.27. The second-order valence-electron chi connectivity index (χ2n) is 16.3. The monoisotopic (exact) mass is 726 g/mol. The van der Waals surface area contributed by atoms with E-state index in [2.05, 4.69) is 34.6 Å². The third kappa shape index (κ3) is 11.5. The van der Waals surface area contributed by atoms with E-state index in [1.807, 2.05) is 13.0 Å². The van der Waals surface area contributed by atoms with Crippen molar-refractivity contribution in [3.05, 3.63) is 23.3 Å². The first-order valence-electron chi connectivity index (χ1n) is 19.2. The van der Waals surface area contributed by atoms with Crippen LogP contribution in [0, 0.1) is 24.7 Å². The Morgan fingerprint density at radius 3 is 1.94 bits per heavy atom. The molecule has 13 atom stereocenters. The van der Waals surface area contributed by atoms with Crippen LogP contribution < -0.4 is 9.47 Å². The van der Waals surface area contributed by atoms with Gasteiger partial charge in [-0.25, -0.2) is 0 Å². The summed E-state index contributed by atoms with van der Waals surface area (Å²) < 4.78 is 29.4. The first-order chi connectivity index (χ1) is 24.1. The van der Waals surface area contributed by atoms with E-state index in [0.717, 1.165) is 54.4 Å². The molecule has 0 spiro atoms. The fourth-order valence-electron chi connectivity index (χ4n) is 7.57. The number of hydrogen-bond acceptors (Lipinski definition) is 12. The van der Waals surface area contributed by atoms with Gasteiger partial charge in [-0.05, 0) is 80.5 Å². The van der Waals surface area contributed by atoms with Gasteiger partial charge in [-0.1, -0.05) is 72.6 Å². The molecule has 1 aromatic carbocycles. The predicted molar refractivity (Wildman–Crippen MR) is 190 cm³/mol. The number of fused-ring (bicyclic) bond motifs is 1. The van der Waals surface area contributed by atoms with Crippen LogP contribution in [-0.4, -0.2) is 116 Å². The van der Waals surface area contributed by atoms with Gasteiger partial charge in [0.25, 0.3) is 0 Å². The lowest BCUT2D eigenvalue weighted by Crippen LogP contribution is -2.62. The van der Waals surface area contributed by atoms with Crippen LogP contribution in [0.15, 0.2) is 12.1 Å². The molecule has 12 heteroatoms. The second-order valence-corrected chi connectivity index (χ2v) is 16.3. The molecular formula is C39H66O12. The summed E-state index contributed by atoms with van der Waals surface area (Å²) in [4.78, 5) is 0. The van der Waals surface area contributed by atoms with Gasteiger partial charge in [-0.15, -0.1) is 0 Å². The maximum atomic E-state index is 10.7. The van der Waals surface area contributed by atoms with Gasteiger partial charge in [-0.2, -0.15) is 0 Å². The summed E-state index contributed by atoms with van der Waals surface area (Å²) in [7, 11) is 0. The van der Waals surface area contributed by atoms with Crippen LogP contribution in [0.3, 0.4) is 0 Å². The summed E-state index contributed by atoms with van der Waals surface area (Å²) in [5.41, 5.74) is 1.59. The zero-order valence-corrected chi connectivity index (χ0v) is 31.5. The molecule has 0 unspecified atom stereocenters. The van der Waals surface area contributed by atoms with Gasteiger partial charge in [0.2, 0.25) is 6.29 Å². The Kier molecular flexibility index (Phi) is 15.8. The smallest absolute Gasteiger partial charge is 0.229 e. The standard InChI is InChI=1S/C39H66O12/c1-22(2)10-7-11-23(3)12-8-13-24(4)14-9-16-39(6)17-15-26-19-27(18-25(5)36(26)51-39)48-38-35(46)33(44)31(42)29(50-38)21-47-37-34(45)32(43)30(41)28(20-40)49-37/h18-19,22-24,28-35,37-38,40-46H,7-17,20-21H2,1-6H3/t23-,24-,28-,29-,30-,31-,32+,33+,34-,35-,37-,38-,39-/m1/s1. The third-order valence-electron chi connectivity index (χ3n) is 11.1. The van der Waals surface area contributed by atoms with E-state index < -0.39 is 74.6 Å². The van der Waals surface area contributed by atoms with Crippen molar-refractivity contribution in [2.75, 3.05) is 13.2 Å². The normalized spacial score (nSPS) is 35.3. The molecule has 0 aromatic heterocycles. The van der Waals surface area contributed by atoms with Gasteiger partial charge < -0.3 is 59.4 Å². The fourth-order valence-corrected chi connectivity index (χ4v) is 7.57. The molecule has 7 N–H and O–H groups in total. The summed E-state index contributed by atoms with van der Waals surface area (Å²) in [6.07, 6.45) is -2.01. The number of aliphatic hydroxyl groups excluding tert-OH is 7. The minimum Gasteiger partial charge on any atom is -0.487 e. The van der Waals surface area contributed by atoms with E-state index in [1.54, 1.807) is 6.07 Å². The van der Waals surface area contributed by atoms with Gasteiger partial charge >= 0.3 is 0 Å². The number of ether oxygens (including phenoxy) is 5. The molecule has 51 heavy (non-hydrogen) atoms. The SMILES string of the molecule is Cc1cc(O[C@@H]2O[C@H](CO[C@@H]3O[C@H](CO)[C@@H](O)[C@H](O)[C@H]3O)[C@@H](O)[C@H](O)[C@H]2O)cc2c1O[C@](C)(CCC[C@H](C)CCC[C@H](C)CCCC(C)C)CC2. The Bertz CT molecular complexity index is 1200. The highest BCUT2D eigenvalue weighted by atomic mass is 16.7. The molecule has 12 nitrogen and oxygen atoms in total. The quantitative estimate of drug-likeness (QED) is 0.117. The lowest BCUT2D eigenvalue weighted by atomic mass is 9.85. The summed E-state index contributed by atoms with van der Waals surface area (Å²) >= 11 is 0. The second kappa shape index (κ2) is 19.1. The van der Waals surface area contributed by atoms with E-state index in [1.165, 1.54) is 44.9 Å². The minimum absolute atomic E-state index is 0.262. The lowest BCUT2D eigenvalue weighted by Gasteiger charge is -2.42. The molecule has 3 aliphatic rings. The van der Waals surface area contributed by atoms with E-state index >= 15 is 0 Å². The van der Waals surface area contributed by atoms with Crippen LogP contribution in [0.1, 0.15) is 110 Å². The third-order valence-corrected chi connectivity index (χ3v) is 11.1. The predicted octanol–water partition coefficient (Wildman–Crippen LogP) is 3.52. The molecule has 294 valence electrons. The first kappa shape index (κ1) is 42.2. The average Bonchev–Trinajstić information content (AvgIpc) is 3.08. The molecule has 3 heterocycles.